The molecule has 148 valence electrons. The van der Waals surface area contributed by atoms with Gasteiger partial charge in [-0.3, -0.25) is 5.32 Å². The third kappa shape index (κ3) is 3.76. The van der Waals surface area contributed by atoms with Crippen LogP contribution in [0.2, 0.25) is 0 Å². The Balaban J connectivity index is 1.47. The molecule has 0 radical (unpaired) electrons. The molecule has 1 aliphatic rings. The minimum atomic E-state index is -0.481. The van der Waals surface area contributed by atoms with Crippen molar-refractivity contribution in [3.63, 3.8) is 0 Å². The number of hydrogen-bond donors (Lipinski definition) is 2. The van der Waals surface area contributed by atoms with Crippen LogP contribution in [0.5, 0.6) is 0 Å². The number of carbonyl (C=O) groups is 1. The van der Waals surface area contributed by atoms with E-state index in [0.717, 1.165) is 5.56 Å². The summed E-state index contributed by atoms with van der Waals surface area (Å²) >= 11 is 0. The Labute approximate surface area is 171 Å². The highest BCUT2D eigenvalue weighted by molar-refractivity contribution is 5.85. The average molecular weight is 387 g/mol. The summed E-state index contributed by atoms with van der Waals surface area (Å²) in [7, 11) is 0. The monoisotopic (exact) mass is 387 g/mol. The van der Waals surface area contributed by atoms with Gasteiger partial charge in [0.25, 0.3) is 0 Å². The minimum Gasteiger partial charge on any atom is -0.448 e. The van der Waals surface area contributed by atoms with Crippen molar-refractivity contribution in [2.45, 2.75) is 25.2 Å². The first-order valence-electron chi connectivity index (χ1n) is 9.83. The van der Waals surface area contributed by atoms with Gasteiger partial charge >= 0.3 is 6.09 Å². The zero-order valence-electron chi connectivity index (χ0n) is 16.7. The summed E-state index contributed by atoms with van der Waals surface area (Å²) in [5, 5.41) is 12.4. The lowest BCUT2D eigenvalue weighted by molar-refractivity contribution is 0.158. The van der Waals surface area contributed by atoms with Crippen LogP contribution in [0.25, 0.3) is 11.1 Å². The molecule has 2 N–H and O–H groups in total. The molecule has 0 aliphatic heterocycles. The Morgan fingerprint density at radius 2 is 1.59 bits per heavy atom. The highest BCUT2D eigenvalue weighted by atomic mass is 16.5. The Bertz CT molecular complexity index is 996. The number of rotatable bonds is 5. The number of benzene rings is 3. The van der Waals surface area contributed by atoms with Gasteiger partial charge in [-0.05, 0) is 39.9 Å². The second-order valence-corrected chi connectivity index (χ2v) is 8.07. The number of fused-ring (bicyclic) bond motifs is 3. The molecular weight excluding hydrogens is 362 g/mol. The van der Waals surface area contributed by atoms with Crippen LogP contribution < -0.4 is 5.32 Å². The van der Waals surface area contributed by atoms with Crippen LogP contribution in [0.3, 0.4) is 0 Å². The lowest BCUT2D eigenvalue weighted by Crippen LogP contribution is -2.22. The van der Waals surface area contributed by atoms with Gasteiger partial charge in [-0.2, -0.15) is 0 Å². The molecule has 1 amide bonds. The van der Waals surface area contributed by atoms with E-state index in [9.17, 15) is 9.90 Å². The Hall–Kier alpha value is -3.11. The van der Waals surface area contributed by atoms with E-state index in [1.54, 1.807) is 0 Å². The Morgan fingerprint density at radius 3 is 2.21 bits per heavy atom. The predicted molar refractivity (Wildman–Crippen MR) is 115 cm³/mol. The molecule has 0 saturated heterocycles. The normalized spacial score (nSPS) is 12.9. The van der Waals surface area contributed by atoms with Crippen molar-refractivity contribution >= 4 is 11.8 Å². The predicted octanol–water partition coefficient (Wildman–Crippen LogP) is 5.32. The third-order valence-electron chi connectivity index (χ3n) is 5.63. The van der Waals surface area contributed by atoms with Crippen molar-refractivity contribution in [3.8, 4) is 11.1 Å². The topological polar surface area (TPSA) is 58.6 Å². The van der Waals surface area contributed by atoms with Crippen molar-refractivity contribution < 1.29 is 14.6 Å². The van der Waals surface area contributed by atoms with E-state index in [4.69, 9.17) is 4.74 Å². The fraction of sp³-hybridized carbons (Fsp3) is 0.240. The minimum absolute atomic E-state index is 0.0292. The SMILES string of the molecule is CC(C)(CO)c1cccc(NC(=O)OCC2c3ccccc3-c3ccccc32)c1. The van der Waals surface area contributed by atoms with Gasteiger partial charge < -0.3 is 9.84 Å². The summed E-state index contributed by atoms with van der Waals surface area (Å²) in [6, 6.07) is 24.0. The van der Waals surface area contributed by atoms with E-state index < -0.39 is 6.09 Å². The van der Waals surface area contributed by atoms with Crippen molar-refractivity contribution in [3.05, 3.63) is 89.5 Å². The molecular formula is C25H25NO3. The van der Waals surface area contributed by atoms with Crippen LogP contribution in [0.4, 0.5) is 10.5 Å². The molecule has 0 unspecified atom stereocenters. The van der Waals surface area contributed by atoms with Crippen molar-refractivity contribution in [2.75, 3.05) is 18.5 Å². The van der Waals surface area contributed by atoms with E-state index in [1.165, 1.54) is 22.3 Å². The number of aliphatic hydroxyl groups excluding tert-OH is 1. The number of hydrogen-bond acceptors (Lipinski definition) is 3. The summed E-state index contributed by atoms with van der Waals surface area (Å²) in [5.74, 6) is 0.0350. The summed E-state index contributed by atoms with van der Waals surface area (Å²) in [5.41, 5.74) is 6.02. The van der Waals surface area contributed by atoms with Crippen LogP contribution in [-0.4, -0.2) is 24.4 Å². The first kappa shape index (κ1) is 19.2. The molecule has 4 heteroatoms. The van der Waals surface area contributed by atoms with E-state index in [1.807, 2.05) is 62.4 Å². The maximum absolute atomic E-state index is 12.4. The Kier molecular flexibility index (Phi) is 5.12. The van der Waals surface area contributed by atoms with Gasteiger partial charge in [0.1, 0.15) is 6.61 Å². The van der Waals surface area contributed by atoms with Gasteiger partial charge in [0, 0.05) is 17.0 Å². The lowest BCUT2D eigenvalue weighted by atomic mass is 9.85. The molecule has 3 aromatic rings. The quantitative estimate of drug-likeness (QED) is 0.623. The molecule has 0 bridgehead atoms. The number of nitrogens with one attached hydrogen (secondary N) is 1. The van der Waals surface area contributed by atoms with E-state index in [2.05, 4.69) is 29.6 Å². The maximum atomic E-state index is 12.4. The molecule has 0 atom stereocenters. The largest absolute Gasteiger partial charge is 0.448 e. The number of anilines is 1. The highest BCUT2D eigenvalue weighted by Gasteiger charge is 2.29. The summed E-state index contributed by atoms with van der Waals surface area (Å²) < 4.78 is 5.60. The lowest BCUT2D eigenvalue weighted by Gasteiger charge is -2.23. The molecule has 0 saturated carbocycles. The molecule has 29 heavy (non-hydrogen) atoms. The fourth-order valence-corrected chi connectivity index (χ4v) is 3.86. The van der Waals surface area contributed by atoms with E-state index in [0.29, 0.717) is 5.69 Å². The molecule has 1 aliphatic carbocycles. The average Bonchev–Trinajstić information content (AvgIpc) is 3.06. The molecule has 0 fully saturated rings. The molecule has 3 aromatic carbocycles. The van der Waals surface area contributed by atoms with Crippen LogP contribution in [0, 0.1) is 0 Å². The summed E-state index contributed by atoms with van der Waals surface area (Å²) in [6.45, 7) is 4.22. The van der Waals surface area contributed by atoms with Crippen molar-refractivity contribution in [2.24, 2.45) is 0 Å². The van der Waals surface area contributed by atoms with E-state index >= 15 is 0 Å². The van der Waals surface area contributed by atoms with Gasteiger partial charge in [-0.15, -0.1) is 0 Å². The van der Waals surface area contributed by atoms with Gasteiger partial charge in [0.15, 0.2) is 0 Å². The first-order chi connectivity index (χ1) is 14.0. The highest BCUT2D eigenvalue weighted by Crippen LogP contribution is 2.44. The standard InChI is InChI=1S/C25H25NO3/c1-25(2,16-27)17-8-7-9-18(14-17)26-24(28)29-15-23-21-12-5-3-10-19(21)20-11-4-6-13-22(20)23/h3-14,23,27H,15-16H2,1-2H3,(H,26,28). The van der Waals surface area contributed by atoms with Gasteiger partial charge in [-0.1, -0.05) is 74.5 Å². The van der Waals surface area contributed by atoms with Crippen LogP contribution >= 0.6 is 0 Å². The first-order valence-corrected chi connectivity index (χ1v) is 9.83. The van der Waals surface area contributed by atoms with Crippen LogP contribution in [-0.2, 0) is 10.2 Å². The van der Waals surface area contributed by atoms with Gasteiger partial charge in [-0.25, -0.2) is 4.79 Å². The fourth-order valence-electron chi connectivity index (χ4n) is 3.86. The second kappa shape index (κ2) is 7.72. The molecule has 4 rings (SSSR count). The molecule has 4 nitrogen and oxygen atoms in total. The smallest absolute Gasteiger partial charge is 0.411 e. The number of aliphatic hydroxyl groups is 1. The van der Waals surface area contributed by atoms with Crippen molar-refractivity contribution in [1.29, 1.82) is 0 Å². The summed E-state index contributed by atoms with van der Waals surface area (Å²) in [4.78, 5) is 12.4. The number of ether oxygens (including phenoxy) is 1. The van der Waals surface area contributed by atoms with E-state index in [-0.39, 0.29) is 24.5 Å². The molecule has 0 spiro atoms. The number of carbonyl (C=O) groups excluding carboxylic acids is 1. The van der Waals surface area contributed by atoms with Crippen LogP contribution in [0.15, 0.2) is 72.8 Å². The van der Waals surface area contributed by atoms with Crippen molar-refractivity contribution in [1.82, 2.24) is 0 Å². The summed E-state index contributed by atoms with van der Waals surface area (Å²) in [6.07, 6.45) is -0.481. The molecule has 0 aromatic heterocycles. The third-order valence-corrected chi connectivity index (χ3v) is 5.63. The Morgan fingerprint density at radius 1 is 0.966 bits per heavy atom. The molecule has 0 heterocycles. The van der Waals surface area contributed by atoms with Gasteiger partial charge in [0.2, 0.25) is 0 Å². The second-order valence-electron chi connectivity index (χ2n) is 8.07. The van der Waals surface area contributed by atoms with Gasteiger partial charge in [0.05, 0.1) is 6.61 Å². The maximum Gasteiger partial charge on any atom is 0.411 e. The zero-order valence-corrected chi connectivity index (χ0v) is 16.7. The zero-order chi connectivity index (χ0) is 20.4. The number of amides is 1. The van der Waals surface area contributed by atoms with Crippen LogP contribution in [0.1, 0.15) is 36.5 Å².